The van der Waals surface area contributed by atoms with E-state index in [0.29, 0.717) is 24.8 Å². The van der Waals surface area contributed by atoms with Crippen molar-refractivity contribution in [3.05, 3.63) is 53.2 Å². The molecule has 0 aliphatic carbocycles. The topological polar surface area (TPSA) is 71.3 Å². The Bertz CT molecular complexity index is 961. The van der Waals surface area contributed by atoms with E-state index in [9.17, 15) is 13.6 Å². The number of hydrogen-bond acceptors (Lipinski definition) is 6. The quantitative estimate of drug-likeness (QED) is 0.698. The summed E-state index contributed by atoms with van der Waals surface area (Å²) in [7, 11) is 0. The zero-order valence-electron chi connectivity index (χ0n) is 14.9. The largest absolute Gasteiger partial charge is 0.338 e. The minimum Gasteiger partial charge on any atom is -0.338 e. The van der Waals surface area contributed by atoms with Crippen molar-refractivity contribution < 1.29 is 18.1 Å². The number of amides is 1. The average Bonchev–Trinajstić information content (AvgIpc) is 3.37. The van der Waals surface area contributed by atoms with Crippen LogP contribution in [0.25, 0.3) is 10.7 Å². The normalized spacial score (nSPS) is 17.6. The second kappa shape index (κ2) is 8.15. The molecule has 1 aliphatic rings. The molecular formula is C19H18F2N4O2S. The molecule has 3 aromatic rings. The van der Waals surface area contributed by atoms with Gasteiger partial charge in [-0.25, -0.2) is 8.78 Å². The lowest BCUT2D eigenvalue weighted by Crippen LogP contribution is -2.40. The minimum atomic E-state index is -0.985. The molecule has 1 fully saturated rings. The van der Waals surface area contributed by atoms with Crippen LogP contribution in [-0.4, -0.2) is 34.0 Å². The summed E-state index contributed by atoms with van der Waals surface area (Å²) >= 11 is 1.54. The Hall–Kier alpha value is -2.65. The second-order valence-corrected chi connectivity index (χ2v) is 7.63. The van der Waals surface area contributed by atoms with Crippen molar-refractivity contribution in [2.45, 2.75) is 19.4 Å². The van der Waals surface area contributed by atoms with Crippen LogP contribution in [0.3, 0.4) is 0 Å². The first-order valence-corrected chi connectivity index (χ1v) is 9.81. The number of thiophene rings is 1. The third-order valence-corrected chi connectivity index (χ3v) is 5.50. The molecule has 0 radical (unpaired) electrons. The number of carbonyl (C=O) groups excluding carboxylic acids is 1. The number of nitrogens with zero attached hydrogens (tertiary/aromatic N) is 3. The van der Waals surface area contributed by atoms with Crippen molar-refractivity contribution in [1.29, 1.82) is 0 Å². The summed E-state index contributed by atoms with van der Waals surface area (Å²) in [5.74, 6) is -1.31. The van der Waals surface area contributed by atoms with Crippen LogP contribution in [0.5, 0.6) is 0 Å². The van der Waals surface area contributed by atoms with Gasteiger partial charge in [-0.05, 0) is 43.0 Å². The van der Waals surface area contributed by atoms with Gasteiger partial charge in [-0.3, -0.25) is 9.69 Å². The zero-order chi connectivity index (χ0) is 19.5. The number of halogens is 2. The maximum atomic E-state index is 13.3. The van der Waals surface area contributed by atoms with E-state index in [1.165, 1.54) is 6.07 Å². The van der Waals surface area contributed by atoms with Gasteiger partial charge >= 0.3 is 0 Å². The number of anilines is 1. The number of hydrogen-bond donors (Lipinski definition) is 1. The number of likely N-dealkylation sites (tertiary alicyclic amines) is 1. The van der Waals surface area contributed by atoms with Gasteiger partial charge in [0.2, 0.25) is 17.6 Å². The summed E-state index contributed by atoms with van der Waals surface area (Å²) in [5.41, 5.74) is 0.249. The highest BCUT2D eigenvalue weighted by Gasteiger charge is 2.27. The Kier molecular flexibility index (Phi) is 5.45. The highest BCUT2D eigenvalue weighted by atomic mass is 32.1. The van der Waals surface area contributed by atoms with E-state index >= 15 is 0 Å². The fourth-order valence-electron chi connectivity index (χ4n) is 3.25. The summed E-state index contributed by atoms with van der Waals surface area (Å²) in [6.45, 7) is 1.82. The average molecular weight is 404 g/mol. The summed E-state index contributed by atoms with van der Waals surface area (Å²) in [4.78, 5) is 20.0. The van der Waals surface area contributed by atoms with Crippen molar-refractivity contribution in [1.82, 2.24) is 15.0 Å². The summed E-state index contributed by atoms with van der Waals surface area (Å²) in [6, 6.07) is 7.19. The van der Waals surface area contributed by atoms with Gasteiger partial charge < -0.3 is 9.84 Å². The van der Waals surface area contributed by atoms with E-state index < -0.39 is 11.6 Å². The predicted molar refractivity (Wildman–Crippen MR) is 101 cm³/mol. The van der Waals surface area contributed by atoms with Crippen LogP contribution in [0.2, 0.25) is 0 Å². The van der Waals surface area contributed by atoms with Crippen molar-refractivity contribution in [2.75, 3.05) is 18.4 Å². The molecule has 146 valence electrons. The molecule has 0 spiro atoms. The molecule has 9 heteroatoms. The van der Waals surface area contributed by atoms with E-state index in [0.717, 1.165) is 36.4 Å². The smallest absolute Gasteiger partial charge is 0.241 e. The van der Waals surface area contributed by atoms with Crippen LogP contribution in [0, 0.1) is 17.6 Å². The molecule has 2 aromatic heterocycles. The maximum absolute atomic E-state index is 13.3. The zero-order valence-corrected chi connectivity index (χ0v) is 15.7. The number of rotatable bonds is 5. The first-order chi connectivity index (χ1) is 13.6. The van der Waals surface area contributed by atoms with Crippen molar-refractivity contribution >= 4 is 22.9 Å². The van der Waals surface area contributed by atoms with Crippen molar-refractivity contribution in [2.24, 2.45) is 5.92 Å². The number of aromatic nitrogens is 2. The Morgan fingerprint density at radius 3 is 3.00 bits per heavy atom. The molecule has 1 unspecified atom stereocenters. The van der Waals surface area contributed by atoms with Gasteiger partial charge in [0.25, 0.3) is 0 Å². The first-order valence-electron chi connectivity index (χ1n) is 8.93. The SMILES string of the molecule is O=C(Nc1ccc(F)c(F)c1)C1CCCN(Cc2nc(-c3cccs3)no2)C1. The Morgan fingerprint density at radius 1 is 1.32 bits per heavy atom. The van der Waals surface area contributed by atoms with Crippen LogP contribution in [0.15, 0.2) is 40.2 Å². The van der Waals surface area contributed by atoms with E-state index in [2.05, 4.69) is 20.4 Å². The third-order valence-electron chi connectivity index (χ3n) is 4.63. The molecule has 1 saturated heterocycles. The number of benzene rings is 1. The van der Waals surface area contributed by atoms with Gasteiger partial charge in [0.05, 0.1) is 17.3 Å². The number of piperidine rings is 1. The molecule has 1 amide bonds. The number of carbonyl (C=O) groups is 1. The van der Waals surface area contributed by atoms with Crippen LogP contribution in [0.1, 0.15) is 18.7 Å². The summed E-state index contributed by atoms with van der Waals surface area (Å²) in [5, 5.41) is 8.62. The van der Waals surface area contributed by atoms with E-state index in [-0.39, 0.29) is 17.5 Å². The standard InChI is InChI=1S/C19H18F2N4O2S/c20-14-6-5-13(9-15(14)21)22-19(26)12-3-1-7-25(10-12)11-17-23-18(24-27-17)16-4-2-8-28-16/h2,4-6,8-9,12H,1,3,7,10-11H2,(H,22,26). The molecule has 1 atom stereocenters. The Balaban J connectivity index is 1.36. The van der Waals surface area contributed by atoms with Crippen LogP contribution in [0.4, 0.5) is 14.5 Å². The molecule has 3 heterocycles. The summed E-state index contributed by atoms with van der Waals surface area (Å²) in [6.07, 6.45) is 1.58. The van der Waals surface area contributed by atoms with Gasteiger partial charge in [0, 0.05) is 18.3 Å². The molecule has 6 nitrogen and oxygen atoms in total. The molecular weight excluding hydrogens is 386 g/mol. The first kappa shape index (κ1) is 18.7. The molecule has 0 saturated carbocycles. The predicted octanol–water partition coefficient (Wildman–Crippen LogP) is 3.93. The van der Waals surface area contributed by atoms with Gasteiger partial charge in [-0.2, -0.15) is 4.98 Å². The molecule has 1 aliphatic heterocycles. The van der Waals surface area contributed by atoms with Gasteiger partial charge in [0.1, 0.15) is 0 Å². The monoisotopic (exact) mass is 404 g/mol. The van der Waals surface area contributed by atoms with Crippen LogP contribution < -0.4 is 5.32 Å². The van der Waals surface area contributed by atoms with Crippen molar-refractivity contribution in [3.63, 3.8) is 0 Å². The highest BCUT2D eigenvalue weighted by Crippen LogP contribution is 2.24. The maximum Gasteiger partial charge on any atom is 0.241 e. The van der Waals surface area contributed by atoms with Crippen LogP contribution in [-0.2, 0) is 11.3 Å². The fourth-order valence-corrected chi connectivity index (χ4v) is 3.90. The minimum absolute atomic E-state index is 0.208. The Morgan fingerprint density at radius 2 is 2.21 bits per heavy atom. The lowest BCUT2D eigenvalue weighted by atomic mass is 9.97. The van der Waals surface area contributed by atoms with Gasteiger partial charge in [-0.1, -0.05) is 11.2 Å². The second-order valence-electron chi connectivity index (χ2n) is 6.68. The van der Waals surface area contributed by atoms with E-state index in [4.69, 9.17) is 4.52 Å². The van der Waals surface area contributed by atoms with E-state index in [1.807, 2.05) is 17.5 Å². The number of nitrogens with one attached hydrogen (secondary N) is 1. The molecule has 4 rings (SSSR count). The molecule has 28 heavy (non-hydrogen) atoms. The van der Waals surface area contributed by atoms with Gasteiger partial charge in [-0.15, -0.1) is 11.3 Å². The fraction of sp³-hybridized carbons (Fsp3) is 0.316. The van der Waals surface area contributed by atoms with E-state index in [1.54, 1.807) is 11.3 Å². The van der Waals surface area contributed by atoms with Crippen LogP contribution >= 0.6 is 11.3 Å². The van der Waals surface area contributed by atoms with Crippen molar-refractivity contribution in [3.8, 4) is 10.7 Å². The summed E-state index contributed by atoms with van der Waals surface area (Å²) < 4.78 is 31.7. The molecule has 0 bridgehead atoms. The van der Waals surface area contributed by atoms with Gasteiger partial charge in [0.15, 0.2) is 11.6 Å². The highest BCUT2D eigenvalue weighted by molar-refractivity contribution is 7.13. The third kappa shape index (κ3) is 4.26. The molecule has 1 N–H and O–H groups in total. The Labute approximate surface area is 164 Å². The lowest BCUT2D eigenvalue weighted by Gasteiger charge is -2.30. The molecule has 1 aromatic carbocycles. The lowest BCUT2D eigenvalue weighted by molar-refractivity contribution is -0.121.